The Kier molecular flexibility index (Phi) is 3.61. The van der Waals surface area contributed by atoms with Gasteiger partial charge < -0.3 is 5.32 Å². The molecule has 2 saturated carbocycles. The molecule has 2 aliphatic rings. The van der Waals surface area contributed by atoms with Gasteiger partial charge in [-0.1, -0.05) is 6.42 Å². The maximum absolute atomic E-state index is 13.6. The van der Waals surface area contributed by atoms with Crippen molar-refractivity contribution in [2.24, 2.45) is 17.8 Å². The van der Waals surface area contributed by atoms with Gasteiger partial charge in [0.25, 0.3) is 5.69 Å². The molecule has 1 N–H and O–H groups in total. The summed E-state index contributed by atoms with van der Waals surface area (Å²) in [5, 5.41) is 13.2. The molecule has 3 unspecified atom stereocenters. The van der Waals surface area contributed by atoms with Crippen molar-refractivity contribution in [2.45, 2.75) is 32.1 Å². The lowest BCUT2D eigenvalue weighted by molar-refractivity contribution is -0.384. The van der Waals surface area contributed by atoms with Gasteiger partial charge in [0.05, 0.1) is 10.6 Å². The molecular formula is C15H17FN2O3. The number of hydrogen-bond acceptors (Lipinski definition) is 3. The monoisotopic (exact) mass is 292 g/mol. The summed E-state index contributed by atoms with van der Waals surface area (Å²) in [6.45, 7) is 0. The van der Waals surface area contributed by atoms with Crippen molar-refractivity contribution in [3.8, 4) is 0 Å². The third-order valence-corrected chi connectivity index (χ3v) is 4.77. The molecule has 6 heteroatoms. The van der Waals surface area contributed by atoms with Crippen LogP contribution in [-0.4, -0.2) is 10.8 Å². The highest BCUT2D eigenvalue weighted by Gasteiger charge is 2.40. The summed E-state index contributed by atoms with van der Waals surface area (Å²) in [5.74, 6) is 0.845. The lowest BCUT2D eigenvalue weighted by Gasteiger charge is -2.20. The molecule has 2 fully saturated rings. The van der Waals surface area contributed by atoms with Crippen LogP contribution >= 0.6 is 0 Å². The average molecular weight is 292 g/mol. The molecule has 2 aliphatic carbocycles. The maximum atomic E-state index is 13.6. The fourth-order valence-electron chi connectivity index (χ4n) is 3.79. The number of carbonyl (C=O) groups excluding carboxylic acids is 1. The van der Waals surface area contributed by atoms with E-state index < -0.39 is 10.7 Å². The maximum Gasteiger partial charge on any atom is 0.271 e. The molecule has 0 spiro atoms. The topological polar surface area (TPSA) is 72.2 Å². The molecule has 1 aromatic carbocycles. The van der Waals surface area contributed by atoms with Gasteiger partial charge in [-0.25, -0.2) is 4.39 Å². The zero-order valence-electron chi connectivity index (χ0n) is 11.5. The molecule has 0 heterocycles. The van der Waals surface area contributed by atoms with E-state index in [-0.39, 0.29) is 17.3 Å². The van der Waals surface area contributed by atoms with Crippen molar-refractivity contribution in [3.05, 3.63) is 34.1 Å². The number of nitrogens with one attached hydrogen (secondary N) is 1. The molecule has 3 atom stereocenters. The SMILES string of the molecule is O=C(CC1CC2CCC1C2)Nc1cc([N+](=O)[O-])ccc1F. The van der Waals surface area contributed by atoms with E-state index in [1.54, 1.807) is 0 Å². The Morgan fingerprint density at radius 3 is 2.81 bits per heavy atom. The van der Waals surface area contributed by atoms with Crippen LogP contribution in [-0.2, 0) is 4.79 Å². The molecule has 1 aromatic rings. The van der Waals surface area contributed by atoms with Crippen molar-refractivity contribution in [1.82, 2.24) is 0 Å². The van der Waals surface area contributed by atoms with Gasteiger partial charge in [0.15, 0.2) is 0 Å². The molecule has 112 valence electrons. The highest BCUT2D eigenvalue weighted by Crippen LogP contribution is 2.49. The molecule has 0 saturated heterocycles. The number of nitrogens with zero attached hydrogens (tertiary/aromatic N) is 1. The fourth-order valence-corrected chi connectivity index (χ4v) is 3.79. The van der Waals surface area contributed by atoms with Crippen LogP contribution in [0.1, 0.15) is 32.1 Å². The smallest absolute Gasteiger partial charge is 0.271 e. The van der Waals surface area contributed by atoms with E-state index in [0.717, 1.165) is 30.5 Å². The Hall–Kier alpha value is -1.98. The lowest BCUT2D eigenvalue weighted by atomic mass is 9.86. The van der Waals surface area contributed by atoms with Gasteiger partial charge >= 0.3 is 0 Å². The van der Waals surface area contributed by atoms with E-state index in [0.29, 0.717) is 18.3 Å². The normalized spacial score (nSPS) is 26.8. The highest BCUT2D eigenvalue weighted by molar-refractivity contribution is 5.91. The van der Waals surface area contributed by atoms with Gasteiger partial charge in [0.1, 0.15) is 5.82 Å². The molecule has 0 aliphatic heterocycles. The molecule has 3 rings (SSSR count). The Morgan fingerprint density at radius 2 is 2.19 bits per heavy atom. The molecule has 2 bridgehead atoms. The summed E-state index contributed by atoms with van der Waals surface area (Å²) in [5.41, 5.74) is -0.344. The zero-order chi connectivity index (χ0) is 15.0. The first kappa shape index (κ1) is 14.0. The van der Waals surface area contributed by atoms with Crippen molar-refractivity contribution in [1.29, 1.82) is 0 Å². The second-order valence-electron chi connectivity index (χ2n) is 6.11. The number of nitro benzene ring substituents is 1. The van der Waals surface area contributed by atoms with E-state index in [1.165, 1.54) is 19.3 Å². The van der Waals surface area contributed by atoms with E-state index in [1.807, 2.05) is 0 Å². The summed E-state index contributed by atoms with van der Waals surface area (Å²) in [7, 11) is 0. The van der Waals surface area contributed by atoms with Crippen LogP contribution in [0.3, 0.4) is 0 Å². The Labute approximate surface area is 121 Å². The number of benzene rings is 1. The van der Waals surface area contributed by atoms with E-state index >= 15 is 0 Å². The summed E-state index contributed by atoms with van der Waals surface area (Å²) < 4.78 is 13.6. The van der Waals surface area contributed by atoms with Gasteiger partial charge in [0.2, 0.25) is 5.91 Å². The van der Waals surface area contributed by atoms with Crippen LogP contribution in [0.5, 0.6) is 0 Å². The number of rotatable bonds is 4. The number of halogens is 1. The summed E-state index contributed by atoms with van der Waals surface area (Å²) in [6, 6.07) is 3.15. The summed E-state index contributed by atoms with van der Waals surface area (Å²) in [4.78, 5) is 22.1. The van der Waals surface area contributed by atoms with Crippen molar-refractivity contribution in [3.63, 3.8) is 0 Å². The molecule has 0 radical (unpaired) electrons. The van der Waals surface area contributed by atoms with Crippen LogP contribution in [0.15, 0.2) is 18.2 Å². The number of anilines is 1. The predicted octanol–water partition coefficient (Wildman–Crippen LogP) is 3.50. The van der Waals surface area contributed by atoms with Crippen molar-refractivity contribution < 1.29 is 14.1 Å². The minimum Gasteiger partial charge on any atom is -0.323 e. The largest absolute Gasteiger partial charge is 0.323 e. The van der Waals surface area contributed by atoms with Crippen LogP contribution in [0.25, 0.3) is 0 Å². The quantitative estimate of drug-likeness (QED) is 0.682. The van der Waals surface area contributed by atoms with Gasteiger partial charge in [-0.3, -0.25) is 14.9 Å². The fraction of sp³-hybridized carbons (Fsp3) is 0.533. The summed E-state index contributed by atoms with van der Waals surface area (Å²) in [6.07, 6.45) is 5.12. The Balaban J connectivity index is 1.64. The molecule has 0 aromatic heterocycles. The first-order valence-corrected chi connectivity index (χ1v) is 7.26. The number of hydrogen-bond donors (Lipinski definition) is 1. The van der Waals surface area contributed by atoms with Crippen molar-refractivity contribution >= 4 is 17.3 Å². The number of fused-ring (bicyclic) bond motifs is 2. The van der Waals surface area contributed by atoms with Gasteiger partial charge in [-0.2, -0.15) is 0 Å². The first-order chi connectivity index (χ1) is 10.0. The minimum absolute atomic E-state index is 0.114. The van der Waals surface area contributed by atoms with Gasteiger partial charge in [0, 0.05) is 18.6 Å². The molecule has 21 heavy (non-hydrogen) atoms. The van der Waals surface area contributed by atoms with E-state index in [9.17, 15) is 19.3 Å². The molecule has 5 nitrogen and oxygen atoms in total. The van der Waals surface area contributed by atoms with Crippen LogP contribution in [0.2, 0.25) is 0 Å². The second-order valence-corrected chi connectivity index (χ2v) is 6.11. The molecule has 1 amide bonds. The van der Waals surface area contributed by atoms with Crippen LogP contribution in [0.4, 0.5) is 15.8 Å². The Bertz CT molecular complexity index is 590. The summed E-state index contributed by atoms with van der Waals surface area (Å²) >= 11 is 0. The van der Waals surface area contributed by atoms with Crippen LogP contribution < -0.4 is 5.32 Å². The third kappa shape index (κ3) is 2.89. The first-order valence-electron chi connectivity index (χ1n) is 7.26. The number of amides is 1. The number of carbonyl (C=O) groups is 1. The predicted molar refractivity (Wildman–Crippen MR) is 75.2 cm³/mol. The lowest BCUT2D eigenvalue weighted by Crippen LogP contribution is -2.20. The number of nitro groups is 1. The molecular weight excluding hydrogens is 275 g/mol. The standard InChI is InChI=1S/C15H17FN2O3/c16-13-4-3-12(18(20)21)8-14(13)17-15(19)7-11-6-9-1-2-10(11)5-9/h3-4,8-11H,1-2,5-7H2,(H,17,19). The zero-order valence-corrected chi connectivity index (χ0v) is 11.5. The Morgan fingerprint density at radius 1 is 1.38 bits per heavy atom. The van der Waals surface area contributed by atoms with E-state index in [4.69, 9.17) is 0 Å². The second kappa shape index (κ2) is 5.42. The van der Waals surface area contributed by atoms with Crippen LogP contribution in [0, 0.1) is 33.7 Å². The highest BCUT2D eigenvalue weighted by atomic mass is 19.1. The van der Waals surface area contributed by atoms with Gasteiger partial charge in [-0.15, -0.1) is 0 Å². The average Bonchev–Trinajstić information content (AvgIpc) is 3.03. The van der Waals surface area contributed by atoms with Gasteiger partial charge in [-0.05, 0) is 43.1 Å². The van der Waals surface area contributed by atoms with E-state index in [2.05, 4.69) is 5.32 Å². The van der Waals surface area contributed by atoms with Crippen molar-refractivity contribution in [2.75, 3.05) is 5.32 Å². The third-order valence-electron chi connectivity index (χ3n) is 4.77. The minimum atomic E-state index is -0.651. The number of non-ortho nitro benzene ring substituents is 1.